The van der Waals surface area contributed by atoms with E-state index in [1.54, 1.807) is 6.07 Å². The monoisotopic (exact) mass is 295 g/mol. The number of halogens is 1. The van der Waals surface area contributed by atoms with Crippen molar-refractivity contribution in [3.63, 3.8) is 0 Å². The van der Waals surface area contributed by atoms with Gasteiger partial charge in [0.05, 0.1) is 24.5 Å². The van der Waals surface area contributed by atoms with Crippen LogP contribution < -0.4 is 16.4 Å². The van der Waals surface area contributed by atoms with E-state index in [-0.39, 0.29) is 5.82 Å². The number of nitrogen functional groups attached to an aromatic ring is 2. The summed E-state index contributed by atoms with van der Waals surface area (Å²) in [6.07, 6.45) is 0. The molecule has 3 rings (SSSR count). The van der Waals surface area contributed by atoms with Gasteiger partial charge in [0.1, 0.15) is 11.0 Å². The van der Waals surface area contributed by atoms with E-state index in [0.29, 0.717) is 41.4 Å². The number of morpholine rings is 1. The van der Waals surface area contributed by atoms with Crippen LogP contribution in [0.5, 0.6) is 0 Å². The summed E-state index contributed by atoms with van der Waals surface area (Å²) >= 11 is 6.07. The van der Waals surface area contributed by atoms with Crippen LogP contribution in [0.1, 0.15) is 0 Å². The van der Waals surface area contributed by atoms with Gasteiger partial charge in [0.15, 0.2) is 5.82 Å². The third-order valence-corrected chi connectivity index (χ3v) is 3.25. The number of aromatic nitrogens is 4. The van der Waals surface area contributed by atoms with E-state index in [9.17, 15) is 0 Å². The number of nitrogens with two attached hydrogens (primary N) is 2. The van der Waals surface area contributed by atoms with Gasteiger partial charge in [-0.2, -0.15) is 5.10 Å². The van der Waals surface area contributed by atoms with Gasteiger partial charge in [-0.25, -0.2) is 9.97 Å². The number of aromatic amines is 1. The Kier molecular flexibility index (Phi) is 3.33. The zero-order valence-corrected chi connectivity index (χ0v) is 11.4. The van der Waals surface area contributed by atoms with Crippen molar-refractivity contribution >= 4 is 29.2 Å². The maximum Gasteiger partial charge on any atom is 0.227 e. The van der Waals surface area contributed by atoms with E-state index in [1.165, 1.54) is 0 Å². The molecule has 0 radical (unpaired) electrons. The lowest BCUT2D eigenvalue weighted by Crippen LogP contribution is -2.37. The topological polar surface area (TPSA) is 119 Å². The summed E-state index contributed by atoms with van der Waals surface area (Å²) in [5.41, 5.74) is 12.7. The molecule has 20 heavy (non-hydrogen) atoms. The SMILES string of the molecule is Nc1n[nH]c(N)c1-c1cc(Cl)nc(N2CCOCC2)n1. The fourth-order valence-electron chi connectivity index (χ4n) is 2.08. The van der Waals surface area contributed by atoms with Crippen molar-refractivity contribution in [2.24, 2.45) is 0 Å². The second-order valence-corrected chi connectivity index (χ2v) is 4.76. The Labute approximate surface area is 120 Å². The molecule has 2 aromatic heterocycles. The Morgan fingerprint density at radius 2 is 2.00 bits per heavy atom. The molecule has 8 nitrogen and oxygen atoms in total. The molecule has 1 fully saturated rings. The summed E-state index contributed by atoms with van der Waals surface area (Å²) in [4.78, 5) is 10.7. The minimum atomic E-state index is 0.283. The van der Waals surface area contributed by atoms with Crippen LogP contribution in [0.15, 0.2) is 6.07 Å². The number of H-pyrrole nitrogens is 1. The van der Waals surface area contributed by atoms with Gasteiger partial charge in [-0.15, -0.1) is 0 Å². The van der Waals surface area contributed by atoms with Gasteiger partial charge >= 0.3 is 0 Å². The van der Waals surface area contributed by atoms with Crippen molar-refractivity contribution in [1.29, 1.82) is 0 Å². The zero-order chi connectivity index (χ0) is 14.1. The second-order valence-electron chi connectivity index (χ2n) is 4.37. The highest BCUT2D eigenvalue weighted by Crippen LogP contribution is 2.30. The summed E-state index contributed by atoms with van der Waals surface area (Å²) in [6.45, 7) is 2.72. The molecule has 0 spiro atoms. The highest BCUT2D eigenvalue weighted by atomic mass is 35.5. The average Bonchev–Trinajstić information content (AvgIpc) is 2.78. The lowest BCUT2D eigenvalue weighted by Gasteiger charge is -2.27. The zero-order valence-electron chi connectivity index (χ0n) is 10.6. The normalized spacial score (nSPS) is 15.6. The molecule has 106 valence electrons. The van der Waals surface area contributed by atoms with Gasteiger partial charge in [-0.3, -0.25) is 5.10 Å². The molecule has 3 heterocycles. The standard InChI is InChI=1S/C11H14ClN7O/c12-7-5-6(8-9(13)17-18-10(8)14)15-11(16-7)19-1-3-20-4-2-19/h5H,1-4H2,(H5,13,14,17,18). The fraction of sp³-hybridized carbons (Fsp3) is 0.364. The Morgan fingerprint density at radius 1 is 1.25 bits per heavy atom. The van der Waals surface area contributed by atoms with Crippen molar-refractivity contribution in [3.8, 4) is 11.3 Å². The maximum atomic E-state index is 6.07. The largest absolute Gasteiger partial charge is 0.383 e. The summed E-state index contributed by atoms with van der Waals surface area (Å²) < 4.78 is 5.31. The van der Waals surface area contributed by atoms with Gasteiger partial charge in [0, 0.05) is 19.2 Å². The summed E-state index contributed by atoms with van der Waals surface area (Å²) in [5.74, 6) is 1.17. The van der Waals surface area contributed by atoms with Gasteiger partial charge < -0.3 is 21.1 Å². The Hall–Kier alpha value is -2.06. The van der Waals surface area contributed by atoms with Crippen LogP contribution in [0.3, 0.4) is 0 Å². The van der Waals surface area contributed by atoms with E-state index >= 15 is 0 Å². The minimum Gasteiger partial charge on any atom is -0.383 e. The Balaban J connectivity index is 2.02. The molecule has 9 heteroatoms. The van der Waals surface area contributed by atoms with Crippen LogP contribution in [-0.4, -0.2) is 46.5 Å². The molecular weight excluding hydrogens is 282 g/mol. The van der Waals surface area contributed by atoms with Crippen molar-refractivity contribution in [1.82, 2.24) is 20.2 Å². The molecule has 1 aliphatic heterocycles. The van der Waals surface area contributed by atoms with E-state index < -0.39 is 0 Å². The van der Waals surface area contributed by atoms with Crippen molar-refractivity contribution in [2.45, 2.75) is 0 Å². The number of ether oxygens (including phenoxy) is 1. The van der Waals surface area contributed by atoms with E-state index in [1.807, 2.05) is 4.90 Å². The fourth-order valence-corrected chi connectivity index (χ4v) is 2.26. The molecule has 0 saturated carbocycles. The molecule has 1 saturated heterocycles. The highest BCUT2D eigenvalue weighted by Gasteiger charge is 2.18. The van der Waals surface area contributed by atoms with E-state index in [0.717, 1.165) is 13.1 Å². The summed E-state index contributed by atoms with van der Waals surface area (Å²) in [5, 5.41) is 6.80. The number of hydrogen-bond donors (Lipinski definition) is 3. The van der Waals surface area contributed by atoms with Gasteiger partial charge in [0.2, 0.25) is 5.95 Å². The van der Waals surface area contributed by atoms with Gasteiger partial charge in [0.25, 0.3) is 0 Å². The van der Waals surface area contributed by atoms with Crippen LogP contribution in [0.25, 0.3) is 11.3 Å². The first-order valence-electron chi connectivity index (χ1n) is 6.12. The first-order valence-corrected chi connectivity index (χ1v) is 6.50. The number of nitrogens with zero attached hydrogens (tertiary/aromatic N) is 4. The van der Waals surface area contributed by atoms with Gasteiger partial charge in [-0.05, 0) is 0 Å². The van der Waals surface area contributed by atoms with Crippen LogP contribution in [-0.2, 0) is 4.74 Å². The van der Waals surface area contributed by atoms with Crippen molar-refractivity contribution < 1.29 is 4.74 Å². The molecule has 0 aromatic carbocycles. The lowest BCUT2D eigenvalue weighted by molar-refractivity contribution is 0.122. The third-order valence-electron chi connectivity index (χ3n) is 3.06. The van der Waals surface area contributed by atoms with E-state index in [4.69, 9.17) is 27.8 Å². The first-order chi connectivity index (χ1) is 9.65. The molecule has 0 amide bonds. The number of nitrogens with one attached hydrogen (secondary N) is 1. The predicted molar refractivity (Wildman–Crippen MR) is 76.5 cm³/mol. The van der Waals surface area contributed by atoms with Crippen LogP contribution in [0.2, 0.25) is 5.15 Å². The average molecular weight is 296 g/mol. The minimum absolute atomic E-state index is 0.283. The third kappa shape index (κ3) is 2.35. The Morgan fingerprint density at radius 3 is 2.65 bits per heavy atom. The number of anilines is 3. The molecule has 2 aromatic rings. The molecule has 0 unspecified atom stereocenters. The second kappa shape index (κ2) is 5.14. The molecule has 0 atom stereocenters. The van der Waals surface area contributed by atoms with Crippen LogP contribution in [0, 0.1) is 0 Å². The van der Waals surface area contributed by atoms with Crippen LogP contribution >= 0.6 is 11.6 Å². The first kappa shape index (κ1) is 12.9. The predicted octanol–water partition coefficient (Wildman–Crippen LogP) is 0.521. The molecule has 1 aliphatic rings. The highest BCUT2D eigenvalue weighted by molar-refractivity contribution is 6.29. The molecule has 0 bridgehead atoms. The smallest absolute Gasteiger partial charge is 0.227 e. The lowest BCUT2D eigenvalue weighted by atomic mass is 10.2. The molecule has 5 N–H and O–H groups in total. The van der Waals surface area contributed by atoms with Crippen LogP contribution in [0.4, 0.5) is 17.6 Å². The van der Waals surface area contributed by atoms with E-state index in [2.05, 4.69) is 20.2 Å². The van der Waals surface area contributed by atoms with Crippen molar-refractivity contribution in [3.05, 3.63) is 11.2 Å². The maximum absolute atomic E-state index is 6.07. The summed E-state index contributed by atoms with van der Waals surface area (Å²) in [7, 11) is 0. The number of rotatable bonds is 2. The molecular formula is C11H14ClN7O. The number of hydrogen-bond acceptors (Lipinski definition) is 7. The molecule has 0 aliphatic carbocycles. The Bertz CT molecular complexity index is 604. The van der Waals surface area contributed by atoms with Gasteiger partial charge in [-0.1, -0.05) is 11.6 Å². The quantitative estimate of drug-likeness (QED) is 0.691. The summed E-state index contributed by atoms with van der Waals surface area (Å²) in [6, 6.07) is 1.61. The van der Waals surface area contributed by atoms with Crippen molar-refractivity contribution in [2.75, 3.05) is 42.7 Å².